The van der Waals surface area contributed by atoms with Gasteiger partial charge in [0.25, 0.3) is 0 Å². The topological polar surface area (TPSA) is 60.0 Å². The lowest BCUT2D eigenvalue weighted by atomic mass is 9.79. The fraction of sp³-hybridized carbons (Fsp3) is 0.609. The summed E-state index contributed by atoms with van der Waals surface area (Å²) in [5.74, 6) is 1.32. The van der Waals surface area contributed by atoms with E-state index in [0.29, 0.717) is 24.7 Å². The summed E-state index contributed by atoms with van der Waals surface area (Å²) in [5.41, 5.74) is 0.985. The number of hydrogen-bond acceptors (Lipinski definition) is 5. The Hall–Kier alpha value is -2.05. The molecule has 0 spiro atoms. The molecule has 1 heterocycles. The van der Waals surface area contributed by atoms with Gasteiger partial charge in [0, 0.05) is 31.2 Å². The number of amides is 1. The van der Waals surface area contributed by atoms with Crippen LogP contribution in [0.2, 0.25) is 0 Å². The maximum atomic E-state index is 12.5. The number of methoxy groups -OCH3 is 1. The molecule has 1 N–H and O–H groups in total. The highest BCUT2D eigenvalue weighted by Crippen LogP contribution is 2.34. The number of carbonyl (C=O) groups excluding carboxylic acids is 1. The van der Waals surface area contributed by atoms with Crippen LogP contribution in [-0.4, -0.2) is 62.9 Å². The van der Waals surface area contributed by atoms with Crippen molar-refractivity contribution in [2.75, 3.05) is 46.6 Å². The van der Waals surface area contributed by atoms with Crippen molar-refractivity contribution >= 4 is 12.0 Å². The van der Waals surface area contributed by atoms with Gasteiger partial charge in [-0.1, -0.05) is 25.3 Å². The minimum absolute atomic E-state index is 0.0583. The van der Waals surface area contributed by atoms with Gasteiger partial charge in [-0.25, -0.2) is 0 Å². The second kappa shape index (κ2) is 10.6. The summed E-state index contributed by atoms with van der Waals surface area (Å²) in [5, 5.41) is 3.16. The summed E-state index contributed by atoms with van der Waals surface area (Å²) >= 11 is 0. The largest absolute Gasteiger partial charge is 0.493 e. The van der Waals surface area contributed by atoms with Crippen molar-refractivity contribution in [1.82, 2.24) is 10.2 Å². The minimum Gasteiger partial charge on any atom is -0.493 e. The van der Waals surface area contributed by atoms with Crippen LogP contribution in [-0.2, 0) is 9.53 Å². The van der Waals surface area contributed by atoms with E-state index in [1.54, 1.807) is 13.2 Å². The van der Waals surface area contributed by atoms with Gasteiger partial charge in [0.1, 0.15) is 0 Å². The summed E-state index contributed by atoms with van der Waals surface area (Å²) in [6, 6.07) is 5.67. The fourth-order valence-corrected chi connectivity index (χ4v) is 4.40. The third-order valence-corrected chi connectivity index (χ3v) is 5.97. The Kier molecular flexibility index (Phi) is 7.95. The number of nitrogens with one attached hydrogen (secondary N) is 1. The van der Waals surface area contributed by atoms with Crippen LogP contribution in [0.3, 0.4) is 0 Å². The van der Waals surface area contributed by atoms with Crippen LogP contribution in [0.5, 0.6) is 11.5 Å². The zero-order valence-corrected chi connectivity index (χ0v) is 17.7. The first-order valence-electron chi connectivity index (χ1n) is 10.8. The number of hydrogen-bond donors (Lipinski definition) is 1. The van der Waals surface area contributed by atoms with Gasteiger partial charge >= 0.3 is 0 Å². The monoisotopic (exact) mass is 402 g/mol. The second-order valence-electron chi connectivity index (χ2n) is 7.78. The zero-order valence-electron chi connectivity index (χ0n) is 17.7. The van der Waals surface area contributed by atoms with Crippen molar-refractivity contribution in [2.45, 2.75) is 44.6 Å². The van der Waals surface area contributed by atoms with Crippen molar-refractivity contribution in [1.29, 1.82) is 0 Å². The van der Waals surface area contributed by atoms with E-state index >= 15 is 0 Å². The molecule has 1 aliphatic carbocycles. The van der Waals surface area contributed by atoms with Gasteiger partial charge in [0.2, 0.25) is 5.91 Å². The summed E-state index contributed by atoms with van der Waals surface area (Å²) in [4.78, 5) is 15.1. The van der Waals surface area contributed by atoms with Gasteiger partial charge < -0.3 is 19.5 Å². The SMILES string of the molecule is CCOc1cc(/C=C/C(=O)NCC2(N3CCOCC3)CCCCC2)ccc1OC. The molecule has 0 radical (unpaired) electrons. The normalized spacial score (nSPS) is 19.8. The molecule has 29 heavy (non-hydrogen) atoms. The van der Waals surface area contributed by atoms with Gasteiger partial charge in [0.15, 0.2) is 11.5 Å². The molecule has 1 saturated heterocycles. The van der Waals surface area contributed by atoms with Gasteiger partial charge in [-0.2, -0.15) is 0 Å². The molecule has 0 bridgehead atoms. The molecule has 1 aromatic carbocycles. The van der Waals surface area contributed by atoms with E-state index in [-0.39, 0.29) is 11.4 Å². The number of morpholine rings is 1. The molecular formula is C23H34N2O4. The molecule has 1 amide bonds. The van der Waals surface area contributed by atoms with Crippen LogP contribution < -0.4 is 14.8 Å². The Morgan fingerprint density at radius 2 is 1.97 bits per heavy atom. The third kappa shape index (κ3) is 5.73. The van der Waals surface area contributed by atoms with Gasteiger partial charge in [-0.05, 0) is 43.5 Å². The molecule has 2 aliphatic rings. The van der Waals surface area contributed by atoms with Crippen molar-refractivity contribution in [2.24, 2.45) is 0 Å². The predicted molar refractivity (Wildman–Crippen MR) is 114 cm³/mol. The smallest absolute Gasteiger partial charge is 0.244 e. The lowest BCUT2D eigenvalue weighted by molar-refractivity contribution is -0.117. The fourth-order valence-electron chi connectivity index (χ4n) is 4.40. The van der Waals surface area contributed by atoms with Gasteiger partial charge in [0.05, 0.1) is 26.9 Å². The van der Waals surface area contributed by atoms with E-state index in [0.717, 1.165) is 44.7 Å². The molecule has 160 valence electrons. The van der Waals surface area contributed by atoms with Gasteiger partial charge in [-0.3, -0.25) is 9.69 Å². The molecule has 1 aromatic rings. The number of ether oxygens (including phenoxy) is 3. The van der Waals surface area contributed by atoms with E-state index in [1.165, 1.54) is 19.3 Å². The molecule has 0 aromatic heterocycles. The van der Waals surface area contributed by atoms with E-state index in [4.69, 9.17) is 14.2 Å². The van der Waals surface area contributed by atoms with Crippen molar-refractivity contribution in [3.05, 3.63) is 29.8 Å². The lowest BCUT2D eigenvalue weighted by Gasteiger charge is -2.48. The molecule has 1 aliphatic heterocycles. The highest BCUT2D eigenvalue weighted by Gasteiger charge is 2.38. The van der Waals surface area contributed by atoms with Crippen LogP contribution in [0.25, 0.3) is 6.08 Å². The van der Waals surface area contributed by atoms with Crippen molar-refractivity contribution < 1.29 is 19.0 Å². The molecular weight excluding hydrogens is 368 g/mol. The average molecular weight is 403 g/mol. The summed E-state index contributed by atoms with van der Waals surface area (Å²) in [7, 11) is 1.62. The maximum absolute atomic E-state index is 12.5. The third-order valence-electron chi connectivity index (χ3n) is 5.97. The first-order valence-corrected chi connectivity index (χ1v) is 10.8. The second-order valence-corrected chi connectivity index (χ2v) is 7.78. The predicted octanol–water partition coefficient (Wildman–Crippen LogP) is 3.26. The van der Waals surface area contributed by atoms with Crippen LogP contribution in [0.4, 0.5) is 0 Å². The van der Waals surface area contributed by atoms with E-state index in [9.17, 15) is 4.79 Å². The van der Waals surface area contributed by atoms with Gasteiger partial charge in [-0.15, -0.1) is 0 Å². The number of nitrogens with zero attached hydrogens (tertiary/aromatic N) is 1. The molecule has 6 nitrogen and oxygen atoms in total. The quantitative estimate of drug-likeness (QED) is 0.677. The first-order chi connectivity index (χ1) is 14.2. The Morgan fingerprint density at radius 3 is 2.66 bits per heavy atom. The van der Waals surface area contributed by atoms with Crippen molar-refractivity contribution in [3.63, 3.8) is 0 Å². The van der Waals surface area contributed by atoms with Crippen LogP contribution >= 0.6 is 0 Å². The Balaban J connectivity index is 1.61. The first kappa shape index (κ1) is 21.7. The molecule has 6 heteroatoms. The number of rotatable bonds is 8. The highest BCUT2D eigenvalue weighted by atomic mass is 16.5. The Labute approximate surface area is 174 Å². The standard InChI is InChI=1S/C23H34N2O4/c1-3-29-21-17-19(7-9-20(21)27-2)8-10-22(26)24-18-23(11-5-4-6-12-23)25-13-15-28-16-14-25/h7-10,17H,3-6,11-16,18H2,1-2H3,(H,24,26)/b10-8+. The number of benzene rings is 1. The highest BCUT2D eigenvalue weighted by molar-refractivity contribution is 5.91. The Bertz CT molecular complexity index is 692. The summed E-state index contributed by atoms with van der Waals surface area (Å²) < 4.78 is 16.5. The molecule has 3 rings (SSSR count). The lowest BCUT2D eigenvalue weighted by Crippen LogP contribution is -2.59. The molecule has 0 atom stereocenters. The summed E-state index contributed by atoms with van der Waals surface area (Å²) in [6.45, 7) is 6.68. The Morgan fingerprint density at radius 1 is 1.21 bits per heavy atom. The van der Waals surface area contributed by atoms with Crippen LogP contribution in [0.1, 0.15) is 44.6 Å². The van der Waals surface area contributed by atoms with Crippen LogP contribution in [0.15, 0.2) is 24.3 Å². The van der Waals surface area contributed by atoms with Crippen molar-refractivity contribution in [3.8, 4) is 11.5 Å². The summed E-state index contributed by atoms with van der Waals surface area (Å²) in [6.07, 6.45) is 9.47. The zero-order chi connectivity index (χ0) is 20.5. The van der Waals surface area contributed by atoms with Crippen LogP contribution in [0, 0.1) is 0 Å². The molecule has 2 fully saturated rings. The molecule has 1 saturated carbocycles. The molecule has 0 unspecified atom stereocenters. The van der Waals surface area contributed by atoms with E-state index < -0.39 is 0 Å². The van der Waals surface area contributed by atoms with E-state index in [2.05, 4.69) is 10.2 Å². The number of carbonyl (C=O) groups is 1. The minimum atomic E-state index is -0.0583. The van der Waals surface area contributed by atoms with E-state index in [1.807, 2.05) is 31.2 Å². The maximum Gasteiger partial charge on any atom is 0.244 e. The average Bonchev–Trinajstić information content (AvgIpc) is 2.78.